The van der Waals surface area contributed by atoms with Crippen LogP contribution in [0, 0.1) is 5.92 Å². The van der Waals surface area contributed by atoms with Gasteiger partial charge in [0.15, 0.2) is 0 Å². The minimum Gasteiger partial charge on any atom is -0.299 e. The van der Waals surface area contributed by atoms with Crippen molar-refractivity contribution in [2.45, 2.75) is 13.8 Å². The largest absolute Gasteiger partial charge is 0.299 e. The van der Waals surface area contributed by atoms with E-state index < -0.39 is 5.92 Å². The summed E-state index contributed by atoms with van der Waals surface area (Å²) in [6.07, 6.45) is 0. The molecule has 0 radical (unpaired) electrons. The highest BCUT2D eigenvalue weighted by atomic mass is 16.1. The quantitative estimate of drug-likeness (QED) is 0.573. The highest BCUT2D eigenvalue weighted by Gasteiger charge is 2.32. The third-order valence-corrected chi connectivity index (χ3v) is 5.08. The smallest absolute Gasteiger partial charge is 0.143 e. The molecule has 0 saturated carbocycles. The Morgan fingerprint density at radius 3 is 1.96 bits per heavy atom. The Bertz CT molecular complexity index is 1050. The SMILES string of the molecule is CC(=O)[C@@H]1C(c2ccccc2)=Nc2ccccc2C(C)=C1c1ccccc1. The van der Waals surface area contributed by atoms with Crippen molar-refractivity contribution in [1.82, 2.24) is 0 Å². The van der Waals surface area contributed by atoms with E-state index in [4.69, 9.17) is 4.99 Å². The first kappa shape index (κ1) is 17.2. The maximum absolute atomic E-state index is 12.9. The molecule has 2 nitrogen and oxygen atoms in total. The molecule has 0 N–H and O–H groups in total. The molecule has 0 aromatic heterocycles. The fourth-order valence-electron chi connectivity index (χ4n) is 3.82. The summed E-state index contributed by atoms with van der Waals surface area (Å²) in [5.74, 6) is -0.300. The van der Waals surface area contributed by atoms with E-state index in [1.54, 1.807) is 6.92 Å². The van der Waals surface area contributed by atoms with Crippen molar-refractivity contribution < 1.29 is 4.79 Å². The van der Waals surface area contributed by atoms with Gasteiger partial charge in [-0.2, -0.15) is 0 Å². The molecule has 1 heterocycles. The number of allylic oxidation sites excluding steroid dienone is 2. The van der Waals surface area contributed by atoms with Crippen molar-refractivity contribution in [3.8, 4) is 0 Å². The van der Waals surface area contributed by atoms with Gasteiger partial charge in [-0.25, -0.2) is 0 Å². The average molecular weight is 351 g/mol. The second-order valence-electron chi connectivity index (χ2n) is 6.83. The Hall–Kier alpha value is -3.26. The lowest BCUT2D eigenvalue weighted by atomic mass is 9.80. The first-order valence-electron chi connectivity index (χ1n) is 9.17. The predicted molar refractivity (Wildman–Crippen MR) is 112 cm³/mol. The third-order valence-electron chi connectivity index (χ3n) is 5.08. The number of fused-ring (bicyclic) bond motifs is 1. The van der Waals surface area contributed by atoms with Gasteiger partial charge in [0, 0.05) is 5.56 Å². The second kappa shape index (κ2) is 7.16. The number of carbonyl (C=O) groups excluding carboxylic acids is 1. The van der Waals surface area contributed by atoms with Crippen LogP contribution < -0.4 is 0 Å². The number of ketones is 1. The van der Waals surface area contributed by atoms with Crippen molar-refractivity contribution in [3.05, 3.63) is 102 Å². The number of hydrogen-bond donors (Lipinski definition) is 0. The number of aliphatic imine (C=N–C) groups is 1. The van der Waals surface area contributed by atoms with Gasteiger partial charge in [0.25, 0.3) is 0 Å². The van der Waals surface area contributed by atoms with E-state index in [2.05, 4.69) is 25.1 Å². The van der Waals surface area contributed by atoms with E-state index in [1.807, 2.05) is 66.7 Å². The van der Waals surface area contributed by atoms with Crippen LogP contribution in [0.3, 0.4) is 0 Å². The molecule has 0 saturated heterocycles. The summed E-state index contributed by atoms with van der Waals surface area (Å²) < 4.78 is 0. The van der Waals surface area contributed by atoms with Crippen molar-refractivity contribution >= 4 is 28.3 Å². The fourth-order valence-corrected chi connectivity index (χ4v) is 3.82. The van der Waals surface area contributed by atoms with Gasteiger partial charge in [0.05, 0.1) is 17.3 Å². The number of rotatable bonds is 3. The summed E-state index contributed by atoms with van der Waals surface area (Å²) in [6.45, 7) is 3.76. The second-order valence-corrected chi connectivity index (χ2v) is 6.83. The van der Waals surface area contributed by atoms with Crippen LogP contribution in [0.5, 0.6) is 0 Å². The van der Waals surface area contributed by atoms with Gasteiger partial charge in [-0.1, -0.05) is 78.9 Å². The molecule has 3 aromatic carbocycles. The van der Waals surface area contributed by atoms with Crippen molar-refractivity contribution in [2.24, 2.45) is 10.9 Å². The maximum Gasteiger partial charge on any atom is 0.143 e. The molecule has 0 aliphatic carbocycles. The van der Waals surface area contributed by atoms with Crippen LogP contribution in [0.1, 0.15) is 30.5 Å². The molecule has 132 valence electrons. The minimum absolute atomic E-state index is 0.101. The fraction of sp³-hybridized carbons (Fsp3) is 0.120. The van der Waals surface area contributed by atoms with Crippen molar-refractivity contribution in [2.75, 3.05) is 0 Å². The Kier molecular flexibility index (Phi) is 4.55. The third kappa shape index (κ3) is 3.15. The molecule has 27 heavy (non-hydrogen) atoms. The van der Waals surface area contributed by atoms with E-state index in [0.717, 1.165) is 39.2 Å². The van der Waals surface area contributed by atoms with E-state index in [-0.39, 0.29) is 5.78 Å². The normalized spacial score (nSPS) is 16.4. The predicted octanol–water partition coefficient (Wildman–Crippen LogP) is 5.96. The molecule has 1 atom stereocenters. The van der Waals surface area contributed by atoms with Gasteiger partial charge >= 0.3 is 0 Å². The highest BCUT2D eigenvalue weighted by Crippen LogP contribution is 2.41. The zero-order valence-corrected chi connectivity index (χ0v) is 15.5. The Balaban J connectivity index is 2.07. The molecule has 4 rings (SSSR count). The molecular formula is C25H21NO. The molecule has 2 heteroatoms. The van der Waals surface area contributed by atoms with Crippen LogP contribution >= 0.6 is 0 Å². The van der Waals surface area contributed by atoms with Crippen LogP contribution in [0.2, 0.25) is 0 Å². The monoisotopic (exact) mass is 351 g/mol. The molecule has 1 aliphatic heterocycles. The van der Waals surface area contributed by atoms with Crippen molar-refractivity contribution in [1.29, 1.82) is 0 Å². The van der Waals surface area contributed by atoms with E-state index in [9.17, 15) is 4.79 Å². The Morgan fingerprint density at radius 1 is 0.778 bits per heavy atom. The van der Waals surface area contributed by atoms with Crippen LogP contribution in [0.4, 0.5) is 5.69 Å². The number of hydrogen-bond acceptors (Lipinski definition) is 2. The summed E-state index contributed by atoms with van der Waals surface area (Å²) in [5.41, 5.74) is 6.99. The highest BCUT2D eigenvalue weighted by molar-refractivity contribution is 6.24. The maximum atomic E-state index is 12.9. The van der Waals surface area contributed by atoms with Gasteiger partial charge < -0.3 is 0 Å². The van der Waals surface area contributed by atoms with Gasteiger partial charge in [0.1, 0.15) is 5.78 Å². The number of nitrogens with zero attached hydrogens (tertiary/aromatic N) is 1. The topological polar surface area (TPSA) is 29.4 Å². The number of carbonyl (C=O) groups is 1. The minimum atomic E-state index is -0.401. The molecule has 0 amide bonds. The first-order chi connectivity index (χ1) is 13.2. The lowest BCUT2D eigenvalue weighted by molar-refractivity contribution is -0.117. The summed E-state index contributed by atoms with van der Waals surface area (Å²) >= 11 is 0. The zero-order chi connectivity index (χ0) is 18.8. The first-order valence-corrected chi connectivity index (χ1v) is 9.17. The summed E-state index contributed by atoms with van der Waals surface area (Å²) in [5, 5.41) is 0. The summed E-state index contributed by atoms with van der Waals surface area (Å²) in [6, 6.07) is 28.3. The standard InChI is InChI=1S/C25H21NO/c1-17-21-15-9-10-16-22(21)26-25(20-13-7-4-8-14-20)24(18(2)27)23(17)19-11-5-3-6-12-19/h3-16,24H,1-2H3/t24-/m0/s1. The molecule has 0 spiro atoms. The van der Waals surface area contributed by atoms with Crippen LogP contribution in [-0.4, -0.2) is 11.5 Å². The molecular weight excluding hydrogens is 330 g/mol. The molecule has 3 aromatic rings. The average Bonchev–Trinajstić information content (AvgIpc) is 2.84. The summed E-state index contributed by atoms with van der Waals surface area (Å²) in [7, 11) is 0. The van der Waals surface area contributed by atoms with E-state index in [0.29, 0.717) is 0 Å². The van der Waals surface area contributed by atoms with Crippen LogP contribution in [-0.2, 0) is 4.79 Å². The molecule has 1 aliphatic rings. The Labute approximate surface area is 159 Å². The van der Waals surface area contributed by atoms with Gasteiger partial charge in [0.2, 0.25) is 0 Å². The molecule has 0 fully saturated rings. The van der Waals surface area contributed by atoms with Crippen LogP contribution in [0.15, 0.2) is 89.9 Å². The number of benzene rings is 3. The lowest BCUT2D eigenvalue weighted by Gasteiger charge is -2.21. The number of para-hydroxylation sites is 1. The molecule has 0 bridgehead atoms. The molecule has 0 unspecified atom stereocenters. The van der Waals surface area contributed by atoms with E-state index >= 15 is 0 Å². The van der Waals surface area contributed by atoms with Crippen molar-refractivity contribution in [3.63, 3.8) is 0 Å². The number of Topliss-reactive ketones (excluding diaryl/α,β-unsaturated/α-hetero) is 1. The van der Waals surface area contributed by atoms with Gasteiger partial charge in [-0.15, -0.1) is 0 Å². The van der Waals surface area contributed by atoms with Crippen LogP contribution in [0.25, 0.3) is 11.1 Å². The Morgan fingerprint density at radius 2 is 1.33 bits per heavy atom. The van der Waals surface area contributed by atoms with E-state index in [1.165, 1.54) is 0 Å². The zero-order valence-electron chi connectivity index (χ0n) is 15.5. The van der Waals surface area contributed by atoms with Gasteiger partial charge in [-0.3, -0.25) is 9.79 Å². The lowest BCUT2D eigenvalue weighted by Crippen LogP contribution is -2.24. The van der Waals surface area contributed by atoms with Gasteiger partial charge in [-0.05, 0) is 42.2 Å². The summed E-state index contributed by atoms with van der Waals surface area (Å²) in [4.78, 5) is 17.9.